The molecule has 163 valence electrons. The Labute approximate surface area is 203 Å². The van der Waals surface area contributed by atoms with E-state index in [4.69, 9.17) is 15.2 Å². The van der Waals surface area contributed by atoms with E-state index in [2.05, 4.69) is 65.6 Å². The third-order valence-corrected chi connectivity index (χ3v) is 5.32. The molecule has 5 nitrogen and oxygen atoms in total. The molecule has 0 saturated carbocycles. The molecule has 2 heterocycles. The molecule has 5 aromatic rings. The summed E-state index contributed by atoms with van der Waals surface area (Å²) < 4.78 is 0. The van der Waals surface area contributed by atoms with Gasteiger partial charge < -0.3 is 10.2 Å². The van der Waals surface area contributed by atoms with Crippen molar-refractivity contribution in [1.29, 1.82) is 0 Å². The van der Waals surface area contributed by atoms with Crippen molar-refractivity contribution in [3.8, 4) is 39.3 Å². The Morgan fingerprint density at radius 3 is 2.21 bits per heavy atom. The summed E-state index contributed by atoms with van der Waals surface area (Å²) in [5, 5.41) is 18.4. The molecule has 0 unspecified atom stereocenters. The number of fused-ring (bicyclic) bond motifs is 3. The van der Waals surface area contributed by atoms with Crippen LogP contribution in [0, 0.1) is 6.07 Å². The fraction of sp³-hybridized carbons (Fsp3) is 0. The SMILES string of the molecule is O=C(O)c1ncccc1O.[Ir].[c-]1ccccc1-c1cc2c3c(cccc3n1)-c1ccccc1-2. The average Bonchev–Trinajstić information content (AvgIpc) is 3.16. The molecule has 2 N–H and O–H groups in total. The van der Waals surface area contributed by atoms with E-state index in [-0.39, 0.29) is 31.5 Å². The molecule has 6 heteroatoms. The molecular formula is C27H17IrN2O3-. The number of aromatic nitrogens is 2. The maximum Gasteiger partial charge on any atom is 0.358 e. The van der Waals surface area contributed by atoms with E-state index in [1.54, 1.807) is 0 Å². The molecule has 6 rings (SSSR count). The van der Waals surface area contributed by atoms with E-state index in [1.165, 1.54) is 46.0 Å². The minimum absolute atomic E-state index is 0. The van der Waals surface area contributed by atoms with Gasteiger partial charge in [0.25, 0.3) is 0 Å². The van der Waals surface area contributed by atoms with E-state index in [9.17, 15) is 4.79 Å². The second-order valence-corrected chi connectivity index (χ2v) is 7.25. The number of pyridine rings is 2. The number of hydrogen-bond acceptors (Lipinski definition) is 4. The van der Waals surface area contributed by atoms with Crippen molar-refractivity contribution >= 4 is 16.9 Å². The normalized spacial score (nSPS) is 10.5. The molecule has 1 aliphatic carbocycles. The smallest absolute Gasteiger partial charge is 0.358 e. The van der Waals surface area contributed by atoms with E-state index >= 15 is 0 Å². The first kappa shape index (κ1) is 22.3. The maximum absolute atomic E-state index is 10.2. The van der Waals surface area contributed by atoms with Crippen molar-refractivity contribution in [2.75, 3.05) is 0 Å². The fourth-order valence-corrected chi connectivity index (χ4v) is 3.93. The van der Waals surface area contributed by atoms with Crippen LogP contribution in [0.25, 0.3) is 44.4 Å². The largest absolute Gasteiger partial charge is 0.505 e. The molecule has 33 heavy (non-hydrogen) atoms. The molecule has 0 aliphatic heterocycles. The predicted octanol–water partition coefficient (Wildman–Crippen LogP) is 5.83. The molecule has 0 amide bonds. The van der Waals surface area contributed by atoms with Crippen LogP contribution in [0.15, 0.2) is 91.1 Å². The van der Waals surface area contributed by atoms with Gasteiger partial charge in [0.05, 0.1) is 5.52 Å². The van der Waals surface area contributed by atoms with Crippen LogP contribution in [-0.4, -0.2) is 26.2 Å². The van der Waals surface area contributed by atoms with Crippen LogP contribution < -0.4 is 0 Å². The van der Waals surface area contributed by atoms with Gasteiger partial charge in [0.1, 0.15) is 5.75 Å². The van der Waals surface area contributed by atoms with Gasteiger partial charge in [0, 0.05) is 31.7 Å². The van der Waals surface area contributed by atoms with Crippen molar-refractivity contribution in [1.82, 2.24) is 9.97 Å². The quantitative estimate of drug-likeness (QED) is 0.242. The number of carbonyl (C=O) groups is 1. The molecule has 1 radical (unpaired) electrons. The van der Waals surface area contributed by atoms with Gasteiger partial charge in [-0.25, -0.2) is 9.78 Å². The summed E-state index contributed by atoms with van der Waals surface area (Å²) in [5.74, 6) is -1.53. The number of carboxylic acids is 1. The molecule has 1 aliphatic rings. The van der Waals surface area contributed by atoms with Crippen molar-refractivity contribution in [3.05, 3.63) is 103 Å². The van der Waals surface area contributed by atoms with Crippen LogP contribution in [-0.2, 0) is 20.1 Å². The number of carboxylic acid groups (broad SMARTS) is 1. The zero-order chi connectivity index (χ0) is 22.1. The van der Waals surface area contributed by atoms with Crippen LogP contribution >= 0.6 is 0 Å². The first-order valence-corrected chi connectivity index (χ1v) is 10.0. The Hall–Kier alpha value is -3.86. The number of nitrogens with zero attached hydrogens (tertiary/aromatic N) is 2. The van der Waals surface area contributed by atoms with Crippen LogP contribution in [0.5, 0.6) is 5.75 Å². The first-order valence-electron chi connectivity index (χ1n) is 10.0. The molecule has 0 spiro atoms. The second kappa shape index (κ2) is 9.33. The minimum Gasteiger partial charge on any atom is -0.505 e. The van der Waals surface area contributed by atoms with Crippen LogP contribution in [0.3, 0.4) is 0 Å². The second-order valence-electron chi connectivity index (χ2n) is 7.25. The third-order valence-electron chi connectivity index (χ3n) is 5.32. The Morgan fingerprint density at radius 2 is 1.55 bits per heavy atom. The molecule has 0 fully saturated rings. The van der Waals surface area contributed by atoms with Gasteiger partial charge in [0.15, 0.2) is 5.69 Å². The Balaban J connectivity index is 0.000000201. The summed E-state index contributed by atoms with van der Waals surface area (Å²) >= 11 is 0. The monoisotopic (exact) mass is 610 g/mol. The van der Waals surface area contributed by atoms with Crippen LogP contribution in [0.1, 0.15) is 10.5 Å². The number of rotatable bonds is 2. The Bertz CT molecular complexity index is 1470. The number of hydrogen-bond donors (Lipinski definition) is 2. The zero-order valence-electron chi connectivity index (χ0n) is 17.2. The summed E-state index contributed by atoms with van der Waals surface area (Å²) in [6.45, 7) is 0. The van der Waals surface area contributed by atoms with Gasteiger partial charge in [-0.1, -0.05) is 42.5 Å². The summed E-state index contributed by atoms with van der Waals surface area (Å²) in [5.41, 5.74) is 7.93. The summed E-state index contributed by atoms with van der Waals surface area (Å²) in [7, 11) is 0. The first-order chi connectivity index (χ1) is 15.6. The van der Waals surface area contributed by atoms with Crippen LogP contribution in [0.4, 0.5) is 0 Å². The van der Waals surface area contributed by atoms with Gasteiger partial charge in [-0.2, -0.15) is 0 Å². The molecular weight excluding hydrogens is 593 g/mol. The number of benzene rings is 3. The number of aromatic hydroxyl groups is 1. The summed E-state index contributed by atoms with van der Waals surface area (Å²) in [6.07, 6.45) is 1.31. The van der Waals surface area contributed by atoms with E-state index in [0.29, 0.717) is 0 Å². The summed E-state index contributed by atoms with van der Waals surface area (Å²) in [6, 6.07) is 31.2. The van der Waals surface area contributed by atoms with Gasteiger partial charge in [-0.05, 0) is 46.1 Å². The predicted molar refractivity (Wildman–Crippen MR) is 123 cm³/mol. The molecule has 0 bridgehead atoms. The minimum atomic E-state index is -1.22. The molecule has 0 atom stereocenters. The third kappa shape index (κ3) is 4.14. The standard InChI is InChI=1S/C21H12N.C6H5NO3.Ir/c1-2-7-14(8-3-1)20-13-18-16-10-5-4-9-15(16)17-11-6-12-19(22-20)21(17)18;8-4-2-1-3-7-5(4)6(9)10;/h1-7,9-13H;1-3,8H,(H,9,10);/q-1;;. The van der Waals surface area contributed by atoms with Crippen molar-refractivity contribution < 1.29 is 35.1 Å². The zero-order valence-corrected chi connectivity index (χ0v) is 19.6. The van der Waals surface area contributed by atoms with E-state index in [0.717, 1.165) is 16.8 Å². The van der Waals surface area contributed by atoms with Crippen molar-refractivity contribution in [3.63, 3.8) is 0 Å². The molecule has 3 aromatic carbocycles. The summed E-state index contributed by atoms with van der Waals surface area (Å²) in [4.78, 5) is 18.5. The van der Waals surface area contributed by atoms with E-state index < -0.39 is 5.97 Å². The molecule has 0 saturated heterocycles. The van der Waals surface area contributed by atoms with Gasteiger partial charge >= 0.3 is 5.97 Å². The number of aromatic carboxylic acids is 1. The average molecular weight is 610 g/mol. The van der Waals surface area contributed by atoms with Crippen molar-refractivity contribution in [2.24, 2.45) is 0 Å². The Kier molecular flexibility index (Phi) is 6.31. The maximum atomic E-state index is 10.2. The fourth-order valence-electron chi connectivity index (χ4n) is 3.93. The topological polar surface area (TPSA) is 83.3 Å². The van der Waals surface area contributed by atoms with Crippen LogP contribution in [0.2, 0.25) is 0 Å². The molecule has 2 aromatic heterocycles. The van der Waals surface area contributed by atoms with Gasteiger partial charge in [-0.3, -0.25) is 4.98 Å². The van der Waals surface area contributed by atoms with Gasteiger partial charge in [-0.15, -0.1) is 35.9 Å². The van der Waals surface area contributed by atoms with Gasteiger partial charge in [0.2, 0.25) is 0 Å². The van der Waals surface area contributed by atoms with E-state index in [1.807, 2.05) is 18.2 Å². The van der Waals surface area contributed by atoms with Crippen molar-refractivity contribution in [2.45, 2.75) is 0 Å². The Morgan fingerprint density at radius 1 is 0.818 bits per heavy atom.